The smallest absolute Gasteiger partial charge is 0.226 e. The fourth-order valence-corrected chi connectivity index (χ4v) is 6.74. The van der Waals surface area contributed by atoms with Crippen molar-refractivity contribution in [3.63, 3.8) is 0 Å². The van der Waals surface area contributed by atoms with Crippen LogP contribution in [0, 0.1) is 23.2 Å². The van der Waals surface area contributed by atoms with Crippen LogP contribution in [0.4, 0.5) is 0 Å². The molecule has 4 aliphatic carbocycles. The van der Waals surface area contributed by atoms with Gasteiger partial charge in [-0.3, -0.25) is 9.78 Å². The molecule has 0 spiro atoms. The van der Waals surface area contributed by atoms with Gasteiger partial charge in [0, 0.05) is 30.0 Å². The van der Waals surface area contributed by atoms with E-state index in [4.69, 9.17) is 0 Å². The zero-order valence-electron chi connectivity index (χ0n) is 15.0. The largest absolute Gasteiger partial charge is 0.355 e. The molecule has 0 aromatic carbocycles. The molecule has 2 aromatic rings. The van der Waals surface area contributed by atoms with Gasteiger partial charge in [0.1, 0.15) is 5.01 Å². The van der Waals surface area contributed by atoms with Crippen molar-refractivity contribution >= 4 is 17.2 Å². The summed E-state index contributed by atoms with van der Waals surface area (Å²) in [6.45, 7) is 0.686. The quantitative estimate of drug-likeness (QED) is 0.866. The van der Waals surface area contributed by atoms with Crippen LogP contribution in [0.2, 0.25) is 0 Å². The molecular formula is C21H25N3OS. The lowest BCUT2D eigenvalue weighted by atomic mass is 9.49. The fourth-order valence-electron chi connectivity index (χ4n) is 5.91. The maximum absolute atomic E-state index is 13.0. The summed E-state index contributed by atoms with van der Waals surface area (Å²) in [5.74, 6) is 2.75. The summed E-state index contributed by atoms with van der Waals surface area (Å²) >= 11 is 1.62. The average Bonchev–Trinajstić information content (AvgIpc) is 3.10. The highest BCUT2D eigenvalue weighted by atomic mass is 32.1. The Hall–Kier alpha value is -1.75. The molecule has 5 heteroatoms. The van der Waals surface area contributed by atoms with Crippen LogP contribution in [0.5, 0.6) is 0 Å². The van der Waals surface area contributed by atoms with Crippen LogP contribution >= 0.6 is 11.3 Å². The van der Waals surface area contributed by atoms with Gasteiger partial charge in [-0.25, -0.2) is 4.98 Å². The number of hydrogen-bond acceptors (Lipinski definition) is 4. The second kappa shape index (κ2) is 6.45. The van der Waals surface area contributed by atoms with E-state index in [1.54, 1.807) is 17.5 Å². The number of pyridine rings is 1. The monoisotopic (exact) mass is 367 g/mol. The molecule has 0 unspecified atom stereocenters. The van der Waals surface area contributed by atoms with Crippen molar-refractivity contribution in [2.45, 2.75) is 44.9 Å². The summed E-state index contributed by atoms with van der Waals surface area (Å²) in [7, 11) is 0. The van der Waals surface area contributed by atoms with Crippen LogP contribution < -0.4 is 5.32 Å². The number of hydrogen-bond donors (Lipinski definition) is 1. The predicted octanol–water partition coefficient (Wildman–Crippen LogP) is 4.08. The van der Waals surface area contributed by atoms with Crippen molar-refractivity contribution in [3.05, 3.63) is 35.5 Å². The molecular weight excluding hydrogens is 342 g/mol. The minimum Gasteiger partial charge on any atom is -0.355 e. The Morgan fingerprint density at radius 1 is 1.15 bits per heavy atom. The zero-order valence-corrected chi connectivity index (χ0v) is 15.8. The fraction of sp³-hybridized carbons (Fsp3) is 0.571. The van der Waals surface area contributed by atoms with E-state index in [1.807, 2.05) is 18.2 Å². The second-order valence-corrected chi connectivity index (χ2v) is 9.42. The minimum absolute atomic E-state index is 0.0457. The molecule has 0 radical (unpaired) electrons. The van der Waals surface area contributed by atoms with Gasteiger partial charge in [0.25, 0.3) is 0 Å². The third-order valence-electron chi connectivity index (χ3n) is 6.62. The predicted molar refractivity (Wildman–Crippen MR) is 103 cm³/mol. The highest BCUT2D eigenvalue weighted by Crippen LogP contribution is 2.60. The average molecular weight is 368 g/mol. The lowest BCUT2D eigenvalue weighted by molar-refractivity contribution is -0.146. The van der Waals surface area contributed by atoms with E-state index in [0.717, 1.165) is 59.8 Å². The number of aromatic nitrogens is 2. The van der Waals surface area contributed by atoms with E-state index in [9.17, 15) is 4.79 Å². The van der Waals surface area contributed by atoms with Crippen molar-refractivity contribution < 1.29 is 4.79 Å². The minimum atomic E-state index is -0.0457. The third kappa shape index (κ3) is 2.96. The Morgan fingerprint density at radius 2 is 1.88 bits per heavy atom. The first-order chi connectivity index (χ1) is 12.7. The topological polar surface area (TPSA) is 54.9 Å². The second-order valence-electron chi connectivity index (χ2n) is 8.56. The normalized spacial score (nSPS) is 31.9. The first-order valence-corrected chi connectivity index (χ1v) is 10.7. The number of nitrogens with one attached hydrogen (secondary N) is 1. The van der Waals surface area contributed by atoms with Gasteiger partial charge in [-0.1, -0.05) is 6.07 Å². The van der Waals surface area contributed by atoms with Crippen molar-refractivity contribution in [2.24, 2.45) is 23.2 Å². The summed E-state index contributed by atoms with van der Waals surface area (Å²) in [6, 6.07) is 5.88. The van der Waals surface area contributed by atoms with Gasteiger partial charge in [-0.15, -0.1) is 11.3 Å². The first kappa shape index (κ1) is 16.4. The van der Waals surface area contributed by atoms with Crippen molar-refractivity contribution in [1.82, 2.24) is 15.3 Å². The van der Waals surface area contributed by atoms with E-state index in [2.05, 4.69) is 20.7 Å². The molecule has 26 heavy (non-hydrogen) atoms. The van der Waals surface area contributed by atoms with Crippen molar-refractivity contribution in [1.29, 1.82) is 0 Å². The summed E-state index contributed by atoms with van der Waals surface area (Å²) < 4.78 is 0. The Balaban J connectivity index is 1.19. The van der Waals surface area contributed by atoms with E-state index in [0.29, 0.717) is 12.5 Å². The molecule has 1 N–H and O–H groups in total. The molecule has 4 aliphatic rings. The Bertz CT molecular complexity index is 765. The summed E-state index contributed by atoms with van der Waals surface area (Å²) in [5.41, 5.74) is 1.92. The van der Waals surface area contributed by atoms with Crippen LogP contribution in [0.3, 0.4) is 0 Å². The number of carbonyl (C=O) groups is 1. The molecule has 4 nitrogen and oxygen atoms in total. The van der Waals surface area contributed by atoms with E-state index >= 15 is 0 Å². The molecule has 2 heterocycles. The molecule has 0 saturated heterocycles. The summed E-state index contributed by atoms with van der Waals surface area (Å²) in [6.07, 6.45) is 10.1. The maximum Gasteiger partial charge on any atom is 0.226 e. The van der Waals surface area contributed by atoms with Gasteiger partial charge < -0.3 is 5.32 Å². The lowest BCUT2D eigenvalue weighted by Crippen LogP contribution is -2.53. The zero-order chi connectivity index (χ0) is 17.6. The van der Waals surface area contributed by atoms with Gasteiger partial charge in [0.05, 0.1) is 11.4 Å². The first-order valence-electron chi connectivity index (χ1n) is 9.84. The van der Waals surface area contributed by atoms with Gasteiger partial charge in [-0.05, 0) is 68.4 Å². The molecule has 6 rings (SSSR count). The van der Waals surface area contributed by atoms with E-state index in [1.165, 1.54) is 19.3 Å². The van der Waals surface area contributed by atoms with Gasteiger partial charge >= 0.3 is 0 Å². The number of rotatable bonds is 5. The number of thiazole rings is 1. The van der Waals surface area contributed by atoms with Crippen molar-refractivity contribution in [3.8, 4) is 10.7 Å². The van der Waals surface area contributed by atoms with Crippen LogP contribution in [-0.2, 0) is 11.2 Å². The van der Waals surface area contributed by atoms with Crippen LogP contribution in [0.1, 0.15) is 44.2 Å². The molecule has 4 saturated carbocycles. The van der Waals surface area contributed by atoms with Gasteiger partial charge in [0.2, 0.25) is 5.91 Å². The van der Waals surface area contributed by atoms with Gasteiger partial charge in [0.15, 0.2) is 0 Å². The number of nitrogens with zero attached hydrogens (tertiary/aromatic N) is 2. The summed E-state index contributed by atoms with van der Waals surface area (Å²) in [4.78, 5) is 22.0. The molecule has 2 aromatic heterocycles. The molecule has 0 aliphatic heterocycles. The molecule has 4 bridgehead atoms. The van der Waals surface area contributed by atoms with Crippen LogP contribution in [0.15, 0.2) is 29.8 Å². The highest BCUT2D eigenvalue weighted by molar-refractivity contribution is 7.13. The van der Waals surface area contributed by atoms with E-state index in [-0.39, 0.29) is 5.41 Å². The number of carbonyl (C=O) groups excluding carboxylic acids is 1. The lowest BCUT2D eigenvalue weighted by Gasteiger charge is -2.55. The Morgan fingerprint density at radius 3 is 2.54 bits per heavy atom. The van der Waals surface area contributed by atoms with Gasteiger partial charge in [-0.2, -0.15) is 0 Å². The van der Waals surface area contributed by atoms with E-state index < -0.39 is 0 Å². The molecule has 136 valence electrons. The Labute approximate surface area is 158 Å². The standard InChI is InChI=1S/C21H25N3OS/c25-20(21-10-14-7-15(11-21)9-16(8-14)12-21)23-6-4-17-13-26-19(24-17)18-3-1-2-5-22-18/h1-3,5,13-16H,4,6-12H2,(H,23,25). The third-order valence-corrected chi connectivity index (χ3v) is 7.54. The van der Waals surface area contributed by atoms with Crippen molar-refractivity contribution in [2.75, 3.05) is 6.54 Å². The van der Waals surface area contributed by atoms with Crippen LogP contribution in [0.25, 0.3) is 10.7 Å². The van der Waals surface area contributed by atoms with Crippen LogP contribution in [-0.4, -0.2) is 22.4 Å². The Kier molecular flexibility index (Phi) is 4.07. The molecule has 1 amide bonds. The highest BCUT2D eigenvalue weighted by Gasteiger charge is 2.54. The summed E-state index contributed by atoms with van der Waals surface area (Å²) in [5, 5.41) is 6.28. The molecule has 0 atom stereocenters. The number of amides is 1. The molecule has 4 fully saturated rings. The maximum atomic E-state index is 13.0. The SMILES string of the molecule is O=C(NCCc1csc(-c2ccccn2)n1)C12CC3CC(CC(C3)C1)C2.